The van der Waals surface area contributed by atoms with Crippen molar-refractivity contribution in [3.8, 4) is 11.4 Å². The van der Waals surface area contributed by atoms with Gasteiger partial charge in [0.15, 0.2) is 5.82 Å². The Hall–Kier alpha value is -2.91. The topological polar surface area (TPSA) is 91.9 Å². The van der Waals surface area contributed by atoms with Crippen LogP contribution in [0.2, 0.25) is 0 Å². The number of urea groups is 1. The third-order valence-electron chi connectivity index (χ3n) is 5.84. The van der Waals surface area contributed by atoms with Gasteiger partial charge in [-0.1, -0.05) is 0 Å². The third-order valence-corrected chi connectivity index (χ3v) is 5.84. The number of rotatable bonds is 3. The van der Waals surface area contributed by atoms with Gasteiger partial charge in [0.1, 0.15) is 11.6 Å². The van der Waals surface area contributed by atoms with Crippen molar-refractivity contribution in [3.63, 3.8) is 0 Å². The highest BCUT2D eigenvalue weighted by Gasteiger charge is 2.37. The van der Waals surface area contributed by atoms with Crippen LogP contribution in [0.3, 0.4) is 0 Å². The van der Waals surface area contributed by atoms with Gasteiger partial charge in [0.25, 0.3) is 0 Å². The summed E-state index contributed by atoms with van der Waals surface area (Å²) < 4.78 is 11.3. The van der Waals surface area contributed by atoms with Crippen molar-refractivity contribution in [1.82, 2.24) is 15.3 Å². The van der Waals surface area contributed by atoms with Crippen LogP contribution < -0.4 is 20.4 Å². The number of benzene rings is 1. The van der Waals surface area contributed by atoms with E-state index in [1.807, 2.05) is 24.3 Å². The number of aromatic nitrogens is 2. The molecule has 3 aliphatic rings. The number of morpholine rings is 2. The highest BCUT2D eigenvalue weighted by molar-refractivity contribution is 5.89. The number of anilines is 3. The molecular formula is C21H26N6O3. The molecule has 0 aliphatic carbocycles. The fraction of sp³-hybridized carbons (Fsp3) is 0.476. The number of nitrogens with zero attached hydrogens (tertiary/aromatic N) is 4. The van der Waals surface area contributed by atoms with Gasteiger partial charge in [0, 0.05) is 49.9 Å². The average molecular weight is 410 g/mol. The first kappa shape index (κ1) is 19.1. The van der Waals surface area contributed by atoms with Crippen molar-refractivity contribution < 1.29 is 14.3 Å². The Balaban J connectivity index is 1.52. The molecule has 4 heterocycles. The maximum atomic E-state index is 11.5. The van der Waals surface area contributed by atoms with E-state index in [1.54, 1.807) is 7.05 Å². The molecule has 158 valence electrons. The summed E-state index contributed by atoms with van der Waals surface area (Å²) >= 11 is 0. The molecule has 0 saturated carbocycles. The number of hydrogen-bond donors (Lipinski definition) is 2. The Labute approximate surface area is 175 Å². The minimum Gasteiger partial charge on any atom is -0.378 e. The quantitative estimate of drug-likeness (QED) is 0.792. The molecule has 2 aromatic rings. The van der Waals surface area contributed by atoms with Gasteiger partial charge in [0.05, 0.1) is 32.5 Å². The smallest absolute Gasteiger partial charge is 0.318 e. The number of nitrogens with one attached hydrogen (secondary N) is 2. The third kappa shape index (κ3) is 3.54. The second-order valence-corrected chi connectivity index (χ2v) is 7.68. The van der Waals surface area contributed by atoms with Crippen molar-refractivity contribution in [1.29, 1.82) is 0 Å². The maximum Gasteiger partial charge on any atom is 0.318 e. The van der Waals surface area contributed by atoms with Crippen LogP contribution in [0.15, 0.2) is 24.3 Å². The fourth-order valence-electron chi connectivity index (χ4n) is 4.28. The van der Waals surface area contributed by atoms with Gasteiger partial charge in [0.2, 0.25) is 0 Å². The molecule has 0 unspecified atom stereocenters. The Bertz CT molecular complexity index is 929. The lowest BCUT2D eigenvalue weighted by atomic mass is 10.1. The average Bonchev–Trinajstić information content (AvgIpc) is 3.18. The molecular weight excluding hydrogens is 384 g/mol. The van der Waals surface area contributed by atoms with Crippen molar-refractivity contribution in [2.75, 3.05) is 68.2 Å². The van der Waals surface area contributed by atoms with E-state index in [0.717, 1.165) is 62.2 Å². The molecule has 1 atom stereocenters. The second kappa shape index (κ2) is 8.08. The summed E-state index contributed by atoms with van der Waals surface area (Å²) in [5.41, 5.74) is 2.86. The van der Waals surface area contributed by atoms with E-state index < -0.39 is 0 Å². The number of carbonyl (C=O) groups excluding carboxylic acids is 1. The number of hydrogen-bond acceptors (Lipinski definition) is 7. The van der Waals surface area contributed by atoms with Gasteiger partial charge >= 0.3 is 6.03 Å². The van der Waals surface area contributed by atoms with Crippen molar-refractivity contribution in [3.05, 3.63) is 29.8 Å². The molecule has 0 bridgehead atoms. The normalized spacial score (nSPS) is 20.5. The number of fused-ring (bicyclic) bond motifs is 3. The Kier molecular flexibility index (Phi) is 5.14. The van der Waals surface area contributed by atoms with E-state index in [9.17, 15) is 4.79 Å². The SMILES string of the molecule is CNC(=O)Nc1ccc(-c2nc(N3CCOCC3)c3c(n2)N2CCOC[C@H]2C3)cc1. The molecule has 0 radical (unpaired) electrons. The predicted octanol–water partition coefficient (Wildman–Crippen LogP) is 1.49. The summed E-state index contributed by atoms with van der Waals surface area (Å²) in [6.45, 7) is 5.40. The lowest BCUT2D eigenvalue weighted by molar-refractivity contribution is 0.0973. The van der Waals surface area contributed by atoms with E-state index in [1.165, 1.54) is 5.56 Å². The van der Waals surface area contributed by atoms with Crippen LogP contribution in [0.5, 0.6) is 0 Å². The van der Waals surface area contributed by atoms with Crippen LogP contribution in [-0.2, 0) is 15.9 Å². The van der Waals surface area contributed by atoms with E-state index >= 15 is 0 Å². The van der Waals surface area contributed by atoms with Crippen molar-refractivity contribution >= 4 is 23.4 Å². The molecule has 1 aromatic carbocycles. The minimum absolute atomic E-state index is 0.246. The first-order valence-corrected chi connectivity index (χ1v) is 10.4. The molecule has 30 heavy (non-hydrogen) atoms. The Morgan fingerprint density at radius 1 is 1.03 bits per heavy atom. The predicted molar refractivity (Wildman–Crippen MR) is 114 cm³/mol. The minimum atomic E-state index is -0.246. The van der Waals surface area contributed by atoms with Gasteiger partial charge in [-0.25, -0.2) is 14.8 Å². The zero-order valence-electron chi connectivity index (χ0n) is 17.1. The van der Waals surface area contributed by atoms with Crippen LogP contribution in [0.4, 0.5) is 22.1 Å². The molecule has 2 N–H and O–H groups in total. The van der Waals surface area contributed by atoms with Crippen LogP contribution in [0.25, 0.3) is 11.4 Å². The monoisotopic (exact) mass is 410 g/mol. The highest BCUT2D eigenvalue weighted by atomic mass is 16.5. The second-order valence-electron chi connectivity index (χ2n) is 7.68. The summed E-state index contributed by atoms with van der Waals surface area (Å²) in [6.07, 6.45) is 0.914. The van der Waals surface area contributed by atoms with Crippen molar-refractivity contribution in [2.45, 2.75) is 12.5 Å². The molecule has 1 aromatic heterocycles. The first-order chi connectivity index (χ1) is 14.7. The van der Waals surface area contributed by atoms with E-state index in [2.05, 4.69) is 20.4 Å². The lowest BCUT2D eigenvalue weighted by Gasteiger charge is -2.31. The van der Waals surface area contributed by atoms with Gasteiger partial charge in [-0.3, -0.25) is 0 Å². The summed E-state index contributed by atoms with van der Waals surface area (Å²) in [5, 5.41) is 5.33. The van der Waals surface area contributed by atoms with Crippen LogP contribution >= 0.6 is 0 Å². The van der Waals surface area contributed by atoms with Gasteiger partial charge in [-0.05, 0) is 24.3 Å². The number of carbonyl (C=O) groups is 1. The largest absolute Gasteiger partial charge is 0.378 e. The standard InChI is InChI=1S/C21H26N6O3/c1-22-21(28)23-15-4-2-14(3-5-15)18-24-19(26-6-9-29-10-7-26)17-12-16-13-30-11-8-27(16)20(17)25-18/h2-5,16H,6-13H2,1H3,(H2,22,23,28)/t16-/m1/s1. The zero-order chi connectivity index (χ0) is 20.5. The summed E-state index contributed by atoms with van der Waals surface area (Å²) in [5.74, 6) is 2.75. The fourth-order valence-corrected chi connectivity index (χ4v) is 4.28. The molecule has 9 heteroatoms. The van der Waals surface area contributed by atoms with E-state index in [4.69, 9.17) is 19.4 Å². The number of ether oxygens (including phenoxy) is 2. The highest BCUT2D eigenvalue weighted by Crippen LogP contribution is 2.39. The van der Waals surface area contributed by atoms with Crippen LogP contribution in [0.1, 0.15) is 5.56 Å². The summed E-state index contributed by atoms with van der Waals surface area (Å²) in [4.78, 5) is 26.2. The van der Waals surface area contributed by atoms with Gasteiger partial charge < -0.3 is 29.9 Å². The van der Waals surface area contributed by atoms with Crippen LogP contribution in [0, 0.1) is 0 Å². The molecule has 0 spiro atoms. The molecule has 5 rings (SSSR count). The van der Waals surface area contributed by atoms with Crippen molar-refractivity contribution in [2.24, 2.45) is 0 Å². The van der Waals surface area contributed by atoms with Gasteiger partial charge in [-0.15, -0.1) is 0 Å². The van der Waals surface area contributed by atoms with E-state index in [0.29, 0.717) is 25.1 Å². The van der Waals surface area contributed by atoms with Crippen LogP contribution in [-0.4, -0.2) is 75.2 Å². The molecule has 9 nitrogen and oxygen atoms in total. The maximum absolute atomic E-state index is 11.5. The number of amides is 2. The molecule has 2 amide bonds. The summed E-state index contributed by atoms with van der Waals surface area (Å²) in [6, 6.07) is 7.71. The Morgan fingerprint density at radius 3 is 2.53 bits per heavy atom. The zero-order valence-corrected chi connectivity index (χ0v) is 17.1. The lowest BCUT2D eigenvalue weighted by Crippen LogP contribution is -2.43. The Morgan fingerprint density at radius 2 is 1.77 bits per heavy atom. The summed E-state index contributed by atoms with van der Waals surface area (Å²) in [7, 11) is 1.59. The first-order valence-electron chi connectivity index (χ1n) is 10.4. The van der Waals surface area contributed by atoms with Gasteiger partial charge in [-0.2, -0.15) is 0 Å². The molecule has 2 saturated heterocycles. The molecule has 3 aliphatic heterocycles. The molecule has 2 fully saturated rings. The van der Waals surface area contributed by atoms with E-state index in [-0.39, 0.29) is 6.03 Å².